The van der Waals surface area contributed by atoms with Crippen molar-refractivity contribution in [2.75, 3.05) is 19.0 Å². The number of hydrogen-bond donors (Lipinski definition) is 1. The number of ether oxygens (including phenoxy) is 1. The molecule has 0 radical (unpaired) electrons. The maximum atomic E-state index is 13.7. The Morgan fingerprint density at radius 3 is 2.19 bits per heavy atom. The first-order valence-electron chi connectivity index (χ1n) is 12.7. The van der Waals surface area contributed by atoms with Crippen LogP contribution in [-0.2, 0) is 20.9 Å². The second kappa shape index (κ2) is 10.5. The van der Waals surface area contributed by atoms with Crippen LogP contribution in [0.3, 0.4) is 0 Å². The highest BCUT2D eigenvalue weighted by atomic mass is 16.5. The van der Waals surface area contributed by atoms with Crippen LogP contribution in [0, 0.1) is 0 Å². The van der Waals surface area contributed by atoms with Crippen molar-refractivity contribution >= 4 is 17.4 Å². The van der Waals surface area contributed by atoms with Crippen LogP contribution >= 0.6 is 0 Å². The zero-order valence-electron chi connectivity index (χ0n) is 21.5. The van der Waals surface area contributed by atoms with Gasteiger partial charge in [-0.15, -0.1) is 0 Å². The van der Waals surface area contributed by atoms with E-state index >= 15 is 0 Å². The Hall–Kier alpha value is -4.12. The van der Waals surface area contributed by atoms with Gasteiger partial charge in [-0.05, 0) is 48.1 Å². The fraction of sp³-hybridized carbons (Fsp3) is 0.250. The fourth-order valence-electron chi connectivity index (χ4n) is 5.37. The molecule has 2 unspecified atom stereocenters. The Morgan fingerprint density at radius 2 is 1.54 bits per heavy atom. The summed E-state index contributed by atoms with van der Waals surface area (Å²) in [7, 11) is 3.98. The molecular formula is C32H32N2O3. The molecule has 3 aromatic carbocycles. The van der Waals surface area contributed by atoms with Crippen molar-refractivity contribution in [2.45, 2.75) is 38.2 Å². The first-order chi connectivity index (χ1) is 17.9. The number of anilines is 1. The van der Waals surface area contributed by atoms with Gasteiger partial charge in [-0.1, -0.05) is 72.8 Å². The lowest BCUT2D eigenvalue weighted by molar-refractivity contribution is -0.140. The van der Waals surface area contributed by atoms with Crippen LogP contribution in [0.2, 0.25) is 0 Å². The smallest absolute Gasteiger partial charge is 0.337 e. The molecule has 0 fully saturated rings. The van der Waals surface area contributed by atoms with Crippen LogP contribution < -0.4 is 10.2 Å². The van der Waals surface area contributed by atoms with Gasteiger partial charge in [-0.3, -0.25) is 4.79 Å². The number of dihydropyridines is 1. The summed E-state index contributed by atoms with van der Waals surface area (Å²) in [6.45, 7) is 2.08. The van der Waals surface area contributed by atoms with Crippen molar-refractivity contribution in [1.29, 1.82) is 0 Å². The SMILES string of the molecule is CC1=C(C(=O)OCc2ccccc2)C(c2ccc(N(C)C)cc2)C2=C(CC(c3ccccc3)CC2=O)N1. The number of rotatable bonds is 6. The van der Waals surface area contributed by atoms with Gasteiger partial charge in [0.2, 0.25) is 0 Å². The molecule has 0 saturated heterocycles. The molecule has 5 heteroatoms. The van der Waals surface area contributed by atoms with Crippen molar-refractivity contribution in [2.24, 2.45) is 0 Å². The van der Waals surface area contributed by atoms with E-state index in [1.807, 2.05) is 98.7 Å². The van der Waals surface area contributed by atoms with Crippen LogP contribution in [0.15, 0.2) is 107 Å². The summed E-state index contributed by atoms with van der Waals surface area (Å²) in [5.74, 6) is -0.693. The van der Waals surface area contributed by atoms with E-state index in [-0.39, 0.29) is 18.3 Å². The summed E-state index contributed by atoms with van der Waals surface area (Å²) in [4.78, 5) is 29.3. The molecule has 0 saturated carbocycles. The number of nitrogens with one attached hydrogen (secondary N) is 1. The van der Waals surface area contributed by atoms with Crippen molar-refractivity contribution in [3.8, 4) is 0 Å². The van der Waals surface area contributed by atoms with Crippen LogP contribution in [0.25, 0.3) is 0 Å². The molecule has 0 amide bonds. The maximum Gasteiger partial charge on any atom is 0.337 e. The average molecular weight is 493 g/mol. The lowest BCUT2D eigenvalue weighted by Crippen LogP contribution is -2.36. The number of carbonyl (C=O) groups is 2. The monoisotopic (exact) mass is 492 g/mol. The van der Waals surface area contributed by atoms with Crippen molar-refractivity contribution in [3.63, 3.8) is 0 Å². The highest BCUT2D eigenvalue weighted by Crippen LogP contribution is 2.46. The van der Waals surface area contributed by atoms with Crippen molar-refractivity contribution in [1.82, 2.24) is 5.32 Å². The molecule has 1 heterocycles. The molecule has 37 heavy (non-hydrogen) atoms. The first-order valence-corrected chi connectivity index (χ1v) is 12.7. The van der Waals surface area contributed by atoms with Gasteiger partial charge in [0.05, 0.1) is 5.57 Å². The molecule has 2 aliphatic rings. The molecule has 3 aromatic rings. The van der Waals surface area contributed by atoms with Crippen molar-refractivity contribution < 1.29 is 14.3 Å². The number of allylic oxidation sites excluding steroid dienone is 3. The Morgan fingerprint density at radius 1 is 0.892 bits per heavy atom. The van der Waals surface area contributed by atoms with E-state index in [1.165, 1.54) is 0 Å². The first kappa shape index (κ1) is 24.6. The minimum absolute atomic E-state index is 0.0742. The molecule has 1 aliphatic heterocycles. The van der Waals surface area contributed by atoms with Gasteiger partial charge in [-0.25, -0.2) is 4.79 Å². The summed E-state index contributed by atoms with van der Waals surface area (Å²) < 4.78 is 5.78. The summed E-state index contributed by atoms with van der Waals surface area (Å²) in [5, 5.41) is 3.44. The molecular weight excluding hydrogens is 460 g/mol. The van der Waals surface area contributed by atoms with E-state index in [1.54, 1.807) is 0 Å². The van der Waals surface area contributed by atoms with Gasteiger partial charge < -0.3 is 15.0 Å². The molecule has 0 aromatic heterocycles. The van der Waals surface area contributed by atoms with E-state index < -0.39 is 11.9 Å². The number of ketones is 1. The highest BCUT2D eigenvalue weighted by molar-refractivity contribution is 6.04. The summed E-state index contributed by atoms with van der Waals surface area (Å²) in [5.41, 5.74) is 6.87. The molecule has 5 nitrogen and oxygen atoms in total. The topological polar surface area (TPSA) is 58.6 Å². The number of carbonyl (C=O) groups excluding carboxylic acids is 2. The minimum atomic E-state index is -0.472. The summed E-state index contributed by atoms with van der Waals surface area (Å²) >= 11 is 0. The van der Waals surface area contributed by atoms with Gasteiger partial charge in [0, 0.05) is 49.1 Å². The largest absolute Gasteiger partial charge is 0.457 e. The quantitative estimate of drug-likeness (QED) is 0.437. The molecule has 0 bridgehead atoms. The van der Waals surface area contributed by atoms with Gasteiger partial charge in [0.15, 0.2) is 5.78 Å². The number of benzene rings is 3. The van der Waals surface area contributed by atoms with Gasteiger partial charge in [-0.2, -0.15) is 0 Å². The number of esters is 1. The van der Waals surface area contributed by atoms with E-state index in [0.717, 1.165) is 40.2 Å². The normalized spacial score (nSPS) is 19.3. The average Bonchev–Trinajstić information content (AvgIpc) is 2.92. The molecule has 1 aliphatic carbocycles. The third kappa shape index (κ3) is 5.08. The summed E-state index contributed by atoms with van der Waals surface area (Å²) in [6.07, 6.45) is 1.14. The van der Waals surface area contributed by atoms with Crippen LogP contribution in [0.4, 0.5) is 5.69 Å². The maximum absolute atomic E-state index is 13.7. The Labute approximate surface area is 218 Å². The van der Waals surface area contributed by atoms with E-state index in [0.29, 0.717) is 17.6 Å². The lowest BCUT2D eigenvalue weighted by atomic mass is 9.71. The zero-order valence-corrected chi connectivity index (χ0v) is 21.5. The van der Waals surface area contributed by atoms with E-state index in [4.69, 9.17) is 4.74 Å². The van der Waals surface area contributed by atoms with Crippen LogP contribution in [-0.4, -0.2) is 25.8 Å². The zero-order chi connectivity index (χ0) is 25.9. The van der Waals surface area contributed by atoms with E-state index in [9.17, 15) is 9.59 Å². The van der Waals surface area contributed by atoms with Gasteiger partial charge in [0.1, 0.15) is 6.61 Å². The van der Waals surface area contributed by atoms with Crippen LogP contribution in [0.1, 0.15) is 48.3 Å². The molecule has 0 spiro atoms. The molecule has 188 valence electrons. The second-order valence-electron chi connectivity index (χ2n) is 9.98. The molecule has 5 rings (SSSR count). The Kier molecular flexibility index (Phi) is 6.95. The third-order valence-electron chi connectivity index (χ3n) is 7.27. The number of Topliss-reactive ketones (excluding diaryl/α,β-unsaturated/α-hetero) is 1. The predicted octanol–water partition coefficient (Wildman–Crippen LogP) is 5.86. The Bertz CT molecular complexity index is 1360. The van der Waals surface area contributed by atoms with Gasteiger partial charge in [0.25, 0.3) is 0 Å². The minimum Gasteiger partial charge on any atom is -0.457 e. The predicted molar refractivity (Wildman–Crippen MR) is 146 cm³/mol. The lowest BCUT2D eigenvalue weighted by Gasteiger charge is -2.36. The van der Waals surface area contributed by atoms with E-state index in [2.05, 4.69) is 17.4 Å². The third-order valence-corrected chi connectivity index (χ3v) is 7.27. The molecule has 1 N–H and O–H groups in total. The molecule has 2 atom stereocenters. The number of nitrogens with zero attached hydrogens (tertiary/aromatic N) is 1. The number of hydrogen-bond acceptors (Lipinski definition) is 5. The standard InChI is InChI=1S/C32H32N2O3/c1-21-29(32(36)37-20-22-10-6-4-7-11-22)30(24-14-16-26(17-15-24)34(2)3)31-27(33-21)18-25(19-28(31)35)23-12-8-5-9-13-23/h4-17,25,30,33H,18-20H2,1-3H3. The van der Waals surface area contributed by atoms with Crippen LogP contribution in [0.5, 0.6) is 0 Å². The fourth-order valence-corrected chi connectivity index (χ4v) is 5.37. The second-order valence-corrected chi connectivity index (χ2v) is 9.98. The summed E-state index contributed by atoms with van der Waals surface area (Å²) in [6, 6.07) is 27.9. The van der Waals surface area contributed by atoms with Crippen molar-refractivity contribution in [3.05, 3.63) is 124 Å². The Balaban J connectivity index is 1.52. The highest BCUT2D eigenvalue weighted by Gasteiger charge is 2.41. The van der Waals surface area contributed by atoms with Gasteiger partial charge >= 0.3 is 5.97 Å².